The molecule has 20 heavy (non-hydrogen) atoms. The summed E-state index contributed by atoms with van der Waals surface area (Å²) in [5.74, 6) is 1.34. The highest BCUT2D eigenvalue weighted by Gasteiger charge is 2.13. The first-order valence-corrected chi connectivity index (χ1v) is 6.90. The van der Waals surface area contributed by atoms with Crippen LogP contribution < -0.4 is 9.64 Å². The van der Waals surface area contributed by atoms with E-state index in [2.05, 4.69) is 20.9 Å². The highest BCUT2D eigenvalue weighted by Crippen LogP contribution is 2.18. The van der Waals surface area contributed by atoms with Crippen molar-refractivity contribution in [2.75, 3.05) is 19.1 Å². The fourth-order valence-electron chi connectivity index (χ4n) is 1.78. The molecule has 0 saturated heterocycles. The zero-order valence-electron chi connectivity index (χ0n) is 11.3. The molecule has 0 bridgehead atoms. The molecule has 0 radical (unpaired) electrons. The van der Waals surface area contributed by atoms with Gasteiger partial charge in [0.1, 0.15) is 11.6 Å². The van der Waals surface area contributed by atoms with Crippen molar-refractivity contribution in [2.24, 2.45) is 0 Å². The first kappa shape index (κ1) is 14.5. The number of amides is 1. The van der Waals surface area contributed by atoms with Crippen LogP contribution in [0, 0.1) is 0 Å². The molecule has 0 unspecified atom stereocenters. The van der Waals surface area contributed by atoms with Crippen LogP contribution in [-0.4, -0.2) is 25.0 Å². The minimum Gasteiger partial charge on any atom is -0.497 e. The van der Waals surface area contributed by atoms with E-state index in [1.807, 2.05) is 36.4 Å². The molecular formula is C15H15BrN2O2. The van der Waals surface area contributed by atoms with Crippen LogP contribution in [-0.2, 0) is 11.2 Å². The Labute approximate surface area is 126 Å². The average Bonchev–Trinajstić information content (AvgIpc) is 2.46. The third-order valence-corrected chi connectivity index (χ3v) is 3.41. The van der Waals surface area contributed by atoms with Gasteiger partial charge >= 0.3 is 0 Å². The first-order chi connectivity index (χ1) is 9.60. The molecule has 2 rings (SSSR count). The third-order valence-electron chi connectivity index (χ3n) is 2.91. The summed E-state index contributed by atoms with van der Waals surface area (Å²) in [6, 6.07) is 11.1. The maximum absolute atomic E-state index is 12.3. The largest absolute Gasteiger partial charge is 0.497 e. The second-order valence-corrected chi connectivity index (χ2v) is 5.23. The SMILES string of the molecule is COc1cccc(CC(=O)N(C)c2cc(Br)ccn2)c1. The minimum absolute atomic E-state index is 0.0242. The van der Waals surface area contributed by atoms with Crippen LogP contribution >= 0.6 is 15.9 Å². The van der Waals surface area contributed by atoms with Crippen LogP contribution in [0.25, 0.3) is 0 Å². The van der Waals surface area contributed by atoms with Gasteiger partial charge in [0.2, 0.25) is 5.91 Å². The summed E-state index contributed by atoms with van der Waals surface area (Å²) >= 11 is 3.37. The zero-order chi connectivity index (χ0) is 14.5. The maximum Gasteiger partial charge on any atom is 0.232 e. The van der Waals surface area contributed by atoms with E-state index >= 15 is 0 Å². The number of benzene rings is 1. The Balaban J connectivity index is 2.11. The average molecular weight is 335 g/mol. The van der Waals surface area contributed by atoms with Crippen LogP contribution in [0.15, 0.2) is 47.1 Å². The quantitative estimate of drug-likeness (QED) is 0.862. The molecule has 0 aliphatic heterocycles. The van der Waals surface area contributed by atoms with Gasteiger partial charge < -0.3 is 4.74 Å². The number of nitrogens with zero attached hydrogens (tertiary/aromatic N) is 2. The van der Waals surface area contributed by atoms with Crippen molar-refractivity contribution in [3.63, 3.8) is 0 Å². The van der Waals surface area contributed by atoms with Gasteiger partial charge in [0.15, 0.2) is 0 Å². The molecule has 0 aliphatic rings. The smallest absolute Gasteiger partial charge is 0.232 e. The second kappa shape index (κ2) is 6.52. The third kappa shape index (κ3) is 3.57. The monoisotopic (exact) mass is 334 g/mol. The number of carbonyl (C=O) groups excluding carboxylic acids is 1. The van der Waals surface area contributed by atoms with Gasteiger partial charge in [-0.1, -0.05) is 28.1 Å². The Kier molecular flexibility index (Phi) is 4.74. The zero-order valence-corrected chi connectivity index (χ0v) is 12.9. The summed E-state index contributed by atoms with van der Waals surface area (Å²) in [5.41, 5.74) is 0.913. The van der Waals surface area contributed by atoms with E-state index in [0.717, 1.165) is 15.8 Å². The number of carbonyl (C=O) groups is 1. The highest BCUT2D eigenvalue weighted by molar-refractivity contribution is 9.10. The number of pyridine rings is 1. The molecule has 0 fully saturated rings. The molecule has 1 amide bonds. The van der Waals surface area contributed by atoms with Crippen LogP contribution in [0.5, 0.6) is 5.75 Å². The lowest BCUT2D eigenvalue weighted by atomic mass is 10.1. The molecule has 0 N–H and O–H groups in total. The number of halogens is 1. The van der Waals surface area contributed by atoms with Gasteiger partial charge in [0.25, 0.3) is 0 Å². The van der Waals surface area contributed by atoms with Gasteiger partial charge in [-0.25, -0.2) is 4.98 Å². The highest BCUT2D eigenvalue weighted by atomic mass is 79.9. The molecule has 0 atom stereocenters. The number of hydrogen-bond donors (Lipinski definition) is 0. The maximum atomic E-state index is 12.3. The number of likely N-dealkylation sites (N-methyl/N-ethyl adjacent to an activating group) is 1. The van der Waals surface area contributed by atoms with Crippen LogP contribution in [0.4, 0.5) is 5.82 Å². The Morgan fingerprint density at radius 2 is 2.15 bits per heavy atom. The lowest BCUT2D eigenvalue weighted by molar-refractivity contribution is -0.117. The predicted molar refractivity (Wildman–Crippen MR) is 82.0 cm³/mol. The van der Waals surface area contributed by atoms with E-state index in [-0.39, 0.29) is 5.91 Å². The van der Waals surface area contributed by atoms with Gasteiger partial charge in [-0.15, -0.1) is 0 Å². The van der Waals surface area contributed by atoms with Gasteiger partial charge in [-0.05, 0) is 29.8 Å². The van der Waals surface area contributed by atoms with Gasteiger partial charge in [0, 0.05) is 17.7 Å². The minimum atomic E-state index is -0.0242. The van der Waals surface area contributed by atoms with Crippen molar-refractivity contribution in [2.45, 2.75) is 6.42 Å². The Bertz CT molecular complexity index is 616. The van der Waals surface area contributed by atoms with E-state index < -0.39 is 0 Å². The second-order valence-electron chi connectivity index (χ2n) is 4.31. The summed E-state index contributed by atoms with van der Waals surface area (Å²) in [6.07, 6.45) is 1.97. The molecule has 1 aromatic carbocycles. The number of hydrogen-bond acceptors (Lipinski definition) is 3. The van der Waals surface area contributed by atoms with Crippen molar-refractivity contribution in [3.8, 4) is 5.75 Å². The molecule has 1 heterocycles. The standard InChI is InChI=1S/C15H15BrN2O2/c1-18(14-10-12(16)6-7-17-14)15(19)9-11-4-3-5-13(8-11)20-2/h3-8,10H,9H2,1-2H3. The summed E-state index contributed by atoms with van der Waals surface area (Å²) in [6.45, 7) is 0. The van der Waals surface area contributed by atoms with Crippen LogP contribution in [0.3, 0.4) is 0 Å². The van der Waals surface area contributed by atoms with Crippen molar-refractivity contribution >= 4 is 27.7 Å². The molecule has 0 spiro atoms. The van der Waals surface area contributed by atoms with Crippen molar-refractivity contribution in [1.82, 2.24) is 4.98 Å². The predicted octanol–water partition coefficient (Wildman–Crippen LogP) is 3.06. The molecule has 2 aromatic rings. The topological polar surface area (TPSA) is 42.4 Å². The lowest BCUT2D eigenvalue weighted by Crippen LogP contribution is -2.28. The number of rotatable bonds is 4. The van der Waals surface area contributed by atoms with Crippen molar-refractivity contribution in [1.29, 1.82) is 0 Å². The first-order valence-electron chi connectivity index (χ1n) is 6.11. The van der Waals surface area contributed by atoms with Crippen molar-refractivity contribution in [3.05, 3.63) is 52.6 Å². The van der Waals surface area contributed by atoms with E-state index in [1.54, 1.807) is 25.3 Å². The Hall–Kier alpha value is -1.88. The molecule has 4 nitrogen and oxygen atoms in total. The fourth-order valence-corrected chi connectivity index (χ4v) is 2.10. The summed E-state index contributed by atoms with van der Waals surface area (Å²) in [4.78, 5) is 18.0. The van der Waals surface area contributed by atoms with Crippen LogP contribution in [0.1, 0.15) is 5.56 Å². The van der Waals surface area contributed by atoms with E-state index in [1.165, 1.54) is 0 Å². The van der Waals surface area contributed by atoms with E-state index in [9.17, 15) is 4.79 Å². The Morgan fingerprint density at radius 1 is 1.35 bits per heavy atom. The van der Waals surface area contributed by atoms with Gasteiger partial charge in [0.05, 0.1) is 13.5 Å². The normalized spacial score (nSPS) is 10.2. The fraction of sp³-hybridized carbons (Fsp3) is 0.200. The molecule has 5 heteroatoms. The lowest BCUT2D eigenvalue weighted by Gasteiger charge is -2.16. The van der Waals surface area contributed by atoms with E-state index in [0.29, 0.717) is 12.2 Å². The summed E-state index contributed by atoms with van der Waals surface area (Å²) in [5, 5.41) is 0. The van der Waals surface area contributed by atoms with Crippen molar-refractivity contribution < 1.29 is 9.53 Å². The molecule has 104 valence electrons. The molecule has 1 aromatic heterocycles. The molecular weight excluding hydrogens is 320 g/mol. The molecule has 0 aliphatic carbocycles. The Morgan fingerprint density at radius 3 is 2.85 bits per heavy atom. The summed E-state index contributed by atoms with van der Waals surface area (Å²) in [7, 11) is 3.33. The summed E-state index contributed by atoms with van der Waals surface area (Å²) < 4.78 is 6.05. The number of anilines is 1. The van der Waals surface area contributed by atoms with Gasteiger partial charge in [-0.3, -0.25) is 9.69 Å². The molecule has 0 saturated carbocycles. The number of ether oxygens (including phenoxy) is 1. The van der Waals surface area contributed by atoms with Gasteiger partial charge in [-0.2, -0.15) is 0 Å². The number of aromatic nitrogens is 1. The number of methoxy groups -OCH3 is 1. The van der Waals surface area contributed by atoms with E-state index in [4.69, 9.17) is 4.74 Å². The van der Waals surface area contributed by atoms with Crippen LogP contribution in [0.2, 0.25) is 0 Å².